The predicted octanol–water partition coefficient (Wildman–Crippen LogP) is 5.13. The molecule has 0 aliphatic heterocycles. The molecule has 0 aromatic carbocycles. The molecule has 0 spiro atoms. The highest BCUT2D eigenvalue weighted by molar-refractivity contribution is 5.84. The number of rotatable bonds is 10. The van der Waals surface area contributed by atoms with E-state index in [0.717, 1.165) is 32.1 Å². The minimum absolute atomic E-state index is 0.0958. The van der Waals surface area contributed by atoms with Crippen molar-refractivity contribution in [3.63, 3.8) is 0 Å². The highest BCUT2D eigenvalue weighted by Crippen LogP contribution is 2.52. The van der Waals surface area contributed by atoms with Crippen molar-refractivity contribution in [2.45, 2.75) is 79.1 Å². The third-order valence-corrected chi connectivity index (χ3v) is 5.75. The van der Waals surface area contributed by atoms with Crippen molar-refractivity contribution in [3.8, 4) is 0 Å². The maximum absolute atomic E-state index is 12.2. The summed E-state index contributed by atoms with van der Waals surface area (Å²) in [6.45, 7) is 8.60. The Morgan fingerprint density at radius 1 is 1.25 bits per heavy atom. The van der Waals surface area contributed by atoms with Crippen LogP contribution in [0.25, 0.3) is 0 Å². The van der Waals surface area contributed by atoms with Gasteiger partial charge in [0.1, 0.15) is 0 Å². The third kappa shape index (κ3) is 4.61. The van der Waals surface area contributed by atoms with E-state index in [-0.39, 0.29) is 5.41 Å². The van der Waals surface area contributed by atoms with Crippen LogP contribution in [0.15, 0.2) is 12.2 Å². The minimum Gasteiger partial charge on any atom is -0.481 e. The van der Waals surface area contributed by atoms with Crippen LogP contribution in [0.1, 0.15) is 79.1 Å². The standard InChI is InChI=1S/C20H34O4/c1-5-7-11-19(6-2,13-15(3)4)14-20(18(23)24)12-9-8-10-16(20)17(21)22/h8-9,15-16H,5-7,10-14H2,1-4H3,(H,21,22)(H,23,24). The van der Waals surface area contributed by atoms with Crippen LogP contribution in [-0.4, -0.2) is 22.2 Å². The van der Waals surface area contributed by atoms with Crippen molar-refractivity contribution in [2.75, 3.05) is 0 Å². The normalized spacial score (nSPS) is 26.3. The number of aliphatic carboxylic acids is 2. The Bertz CT molecular complexity index is 468. The minimum atomic E-state index is -1.18. The highest BCUT2D eigenvalue weighted by Gasteiger charge is 2.53. The first-order chi connectivity index (χ1) is 11.2. The van der Waals surface area contributed by atoms with E-state index in [9.17, 15) is 19.8 Å². The SMILES string of the molecule is CCCCC(CC)(CC(C)C)CC1(C(=O)O)CC=CCC1C(=O)O. The van der Waals surface area contributed by atoms with Crippen molar-refractivity contribution >= 4 is 11.9 Å². The summed E-state index contributed by atoms with van der Waals surface area (Å²) >= 11 is 0. The van der Waals surface area contributed by atoms with Crippen LogP contribution in [0.3, 0.4) is 0 Å². The Kier molecular flexibility index (Phi) is 7.50. The van der Waals surface area contributed by atoms with Crippen LogP contribution >= 0.6 is 0 Å². The molecule has 3 atom stereocenters. The molecular formula is C20H34O4. The molecule has 3 unspecified atom stereocenters. The molecule has 0 radical (unpaired) electrons. The molecule has 0 heterocycles. The van der Waals surface area contributed by atoms with Gasteiger partial charge in [0.05, 0.1) is 11.3 Å². The number of carboxylic acid groups (broad SMARTS) is 2. The molecular weight excluding hydrogens is 304 g/mol. The number of carbonyl (C=O) groups is 2. The van der Waals surface area contributed by atoms with Gasteiger partial charge in [-0.25, -0.2) is 0 Å². The van der Waals surface area contributed by atoms with E-state index < -0.39 is 23.3 Å². The summed E-state index contributed by atoms with van der Waals surface area (Å²) < 4.78 is 0. The average molecular weight is 338 g/mol. The molecule has 0 bridgehead atoms. The molecule has 0 saturated heterocycles. The second-order valence-electron chi connectivity index (χ2n) is 8.00. The lowest BCUT2D eigenvalue weighted by Gasteiger charge is -2.45. The molecule has 0 saturated carbocycles. The molecule has 1 aliphatic carbocycles. The highest BCUT2D eigenvalue weighted by atomic mass is 16.4. The number of hydrogen-bond donors (Lipinski definition) is 2. The van der Waals surface area contributed by atoms with Gasteiger partial charge in [-0.15, -0.1) is 0 Å². The van der Waals surface area contributed by atoms with Gasteiger partial charge in [0.2, 0.25) is 0 Å². The van der Waals surface area contributed by atoms with Crippen molar-refractivity contribution < 1.29 is 19.8 Å². The zero-order chi connectivity index (χ0) is 18.4. The third-order valence-electron chi connectivity index (χ3n) is 5.75. The molecule has 2 N–H and O–H groups in total. The topological polar surface area (TPSA) is 74.6 Å². The van der Waals surface area contributed by atoms with Gasteiger partial charge in [0.15, 0.2) is 0 Å². The Labute approximate surface area is 146 Å². The van der Waals surface area contributed by atoms with E-state index in [0.29, 0.717) is 25.2 Å². The molecule has 0 fully saturated rings. The van der Waals surface area contributed by atoms with Crippen molar-refractivity contribution in [1.29, 1.82) is 0 Å². The molecule has 4 nitrogen and oxygen atoms in total. The summed E-state index contributed by atoms with van der Waals surface area (Å²) in [6.07, 6.45) is 9.75. The van der Waals surface area contributed by atoms with Crippen molar-refractivity contribution in [3.05, 3.63) is 12.2 Å². The fourth-order valence-corrected chi connectivity index (χ4v) is 4.53. The second-order valence-corrected chi connectivity index (χ2v) is 8.00. The first-order valence-corrected chi connectivity index (χ1v) is 9.34. The van der Waals surface area contributed by atoms with Gasteiger partial charge >= 0.3 is 11.9 Å². The zero-order valence-electron chi connectivity index (χ0n) is 15.7. The van der Waals surface area contributed by atoms with Gasteiger partial charge in [-0.05, 0) is 43.4 Å². The van der Waals surface area contributed by atoms with Gasteiger partial charge in [-0.2, -0.15) is 0 Å². The van der Waals surface area contributed by atoms with E-state index in [4.69, 9.17) is 0 Å². The van der Waals surface area contributed by atoms with Crippen LogP contribution in [0, 0.1) is 22.7 Å². The molecule has 0 aromatic rings. The summed E-state index contributed by atoms with van der Waals surface area (Å²) in [5.74, 6) is -2.29. The molecule has 0 amide bonds. The number of hydrogen-bond acceptors (Lipinski definition) is 2. The first kappa shape index (κ1) is 20.7. The van der Waals surface area contributed by atoms with Gasteiger partial charge in [-0.3, -0.25) is 9.59 Å². The summed E-state index contributed by atoms with van der Waals surface area (Å²) in [4.78, 5) is 24.0. The maximum Gasteiger partial charge on any atom is 0.310 e. The largest absolute Gasteiger partial charge is 0.481 e. The lowest BCUT2D eigenvalue weighted by Crippen LogP contribution is -2.47. The zero-order valence-corrected chi connectivity index (χ0v) is 15.7. The maximum atomic E-state index is 12.2. The Hall–Kier alpha value is -1.32. The fourth-order valence-electron chi connectivity index (χ4n) is 4.53. The number of carboxylic acids is 2. The molecule has 0 aromatic heterocycles. The smallest absolute Gasteiger partial charge is 0.310 e. The van der Waals surface area contributed by atoms with Gasteiger partial charge < -0.3 is 10.2 Å². The number of unbranched alkanes of at least 4 members (excludes halogenated alkanes) is 1. The van der Waals surface area contributed by atoms with Gasteiger partial charge in [0, 0.05) is 0 Å². The van der Waals surface area contributed by atoms with Gasteiger partial charge in [0.25, 0.3) is 0 Å². The Balaban J connectivity index is 3.27. The quantitative estimate of drug-likeness (QED) is 0.541. The Morgan fingerprint density at radius 2 is 1.92 bits per heavy atom. The first-order valence-electron chi connectivity index (χ1n) is 9.34. The van der Waals surface area contributed by atoms with Crippen LogP contribution < -0.4 is 0 Å². The van der Waals surface area contributed by atoms with E-state index in [1.165, 1.54) is 0 Å². The Morgan fingerprint density at radius 3 is 2.38 bits per heavy atom. The van der Waals surface area contributed by atoms with Crippen LogP contribution in [0.4, 0.5) is 0 Å². The molecule has 1 aliphatic rings. The van der Waals surface area contributed by atoms with Crippen molar-refractivity contribution in [1.82, 2.24) is 0 Å². The fraction of sp³-hybridized carbons (Fsp3) is 0.800. The predicted molar refractivity (Wildman–Crippen MR) is 95.9 cm³/mol. The molecule has 1 rings (SSSR count). The monoisotopic (exact) mass is 338 g/mol. The van der Waals surface area contributed by atoms with Gasteiger partial charge in [-0.1, -0.05) is 59.1 Å². The lowest BCUT2D eigenvalue weighted by molar-refractivity contribution is -0.166. The van der Waals surface area contributed by atoms with E-state index in [1.807, 2.05) is 12.2 Å². The van der Waals surface area contributed by atoms with E-state index in [2.05, 4.69) is 27.7 Å². The summed E-state index contributed by atoms with van der Waals surface area (Å²) in [5, 5.41) is 19.7. The molecule has 24 heavy (non-hydrogen) atoms. The van der Waals surface area contributed by atoms with E-state index >= 15 is 0 Å². The van der Waals surface area contributed by atoms with Crippen LogP contribution in [0.2, 0.25) is 0 Å². The van der Waals surface area contributed by atoms with Crippen LogP contribution in [-0.2, 0) is 9.59 Å². The van der Waals surface area contributed by atoms with Crippen molar-refractivity contribution in [2.24, 2.45) is 22.7 Å². The van der Waals surface area contributed by atoms with E-state index in [1.54, 1.807) is 0 Å². The average Bonchev–Trinajstić information content (AvgIpc) is 2.52. The summed E-state index contributed by atoms with van der Waals surface area (Å²) in [6, 6.07) is 0. The summed E-state index contributed by atoms with van der Waals surface area (Å²) in [5.41, 5.74) is -1.28. The molecule has 138 valence electrons. The molecule has 4 heteroatoms. The summed E-state index contributed by atoms with van der Waals surface area (Å²) in [7, 11) is 0. The lowest BCUT2D eigenvalue weighted by atomic mass is 9.57. The van der Waals surface area contributed by atoms with Crippen LogP contribution in [0.5, 0.6) is 0 Å². The number of allylic oxidation sites excluding steroid dienone is 2. The second kappa shape index (κ2) is 8.68.